The molecule has 0 bridgehead atoms. The summed E-state index contributed by atoms with van der Waals surface area (Å²) in [6.45, 7) is 1.77. The number of hydrazone groups is 1. The smallest absolute Gasteiger partial charge is 0.243 e. The molecule has 6 heteroatoms. The Balaban J connectivity index is 2.08. The Labute approximate surface area is 112 Å². The molecule has 1 saturated carbocycles. The maximum absolute atomic E-state index is 11.4. The van der Waals surface area contributed by atoms with Crippen molar-refractivity contribution in [3.63, 3.8) is 0 Å². The van der Waals surface area contributed by atoms with Gasteiger partial charge in [-0.1, -0.05) is 12.1 Å². The van der Waals surface area contributed by atoms with E-state index in [1.54, 1.807) is 19.1 Å². The fourth-order valence-corrected chi connectivity index (χ4v) is 2.21. The number of sulfone groups is 1. The number of nitrogens with one attached hydrogen (secondary N) is 1. The number of benzene rings is 1. The molecule has 1 amide bonds. The van der Waals surface area contributed by atoms with Crippen LogP contribution in [0.25, 0.3) is 0 Å². The third-order valence-electron chi connectivity index (χ3n) is 2.98. The summed E-state index contributed by atoms with van der Waals surface area (Å²) in [5.41, 5.74) is 3.95. The zero-order valence-electron chi connectivity index (χ0n) is 10.9. The summed E-state index contributed by atoms with van der Waals surface area (Å²) < 4.78 is 22.6. The van der Waals surface area contributed by atoms with Gasteiger partial charge >= 0.3 is 0 Å². The lowest BCUT2D eigenvalue weighted by Crippen LogP contribution is -2.20. The molecule has 1 aromatic carbocycles. The van der Waals surface area contributed by atoms with Gasteiger partial charge in [-0.05, 0) is 37.5 Å². The highest BCUT2D eigenvalue weighted by Gasteiger charge is 2.29. The molecule has 0 spiro atoms. The number of hydrogen-bond donors (Lipinski definition) is 1. The molecule has 0 saturated heterocycles. The Hall–Kier alpha value is -1.69. The summed E-state index contributed by atoms with van der Waals surface area (Å²) >= 11 is 0. The predicted molar refractivity (Wildman–Crippen MR) is 72.6 cm³/mol. The Morgan fingerprint density at radius 2 is 1.84 bits per heavy atom. The van der Waals surface area contributed by atoms with E-state index in [0.717, 1.165) is 18.4 Å². The van der Waals surface area contributed by atoms with E-state index < -0.39 is 9.84 Å². The Morgan fingerprint density at radius 3 is 2.32 bits per heavy atom. The summed E-state index contributed by atoms with van der Waals surface area (Å²) in [5, 5.41) is 4.02. The zero-order chi connectivity index (χ0) is 14.0. The van der Waals surface area contributed by atoms with Crippen molar-refractivity contribution in [2.24, 2.45) is 11.0 Å². The molecule has 1 aliphatic carbocycles. The fraction of sp³-hybridized carbons (Fsp3) is 0.385. The number of carbonyl (C=O) groups excluding carboxylic acids is 1. The number of rotatable bonds is 4. The van der Waals surface area contributed by atoms with Gasteiger partial charge in [0.05, 0.1) is 10.6 Å². The quantitative estimate of drug-likeness (QED) is 0.668. The van der Waals surface area contributed by atoms with Gasteiger partial charge in [0, 0.05) is 12.2 Å². The molecule has 1 aromatic rings. The van der Waals surface area contributed by atoms with Crippen LogP contribution < -0.4 is 5.43 Å². The third kappa shape index (κ3) is 3.64. The van der Waals surface area contributed by atoms with Crippen molar-refractivity contribution < 1.29 is 13.2 Å². The molecule has 0 unspecified atom stereocenters. The van der Waals surface area contributed by atoms with E-state index in [0.29, 0.717) is 5.71 Å². The molecule has 0 heterocycles. The van der Waals surface area contributed by atoms with Crippen LogP contribution in [0.1, 0.15) is 25.3 Å². The van der Waals surface area contributed by atoms with Crippen LogP contribution in [0.2, 0.25) is 0 Å². The maximum Gasteiger partial charge on any atom is 0.243 e. The van der Waals surface area contributed by atoms with Gasteiger partial charge in [-0.15, -0.1) is 0 Å². The van der Waals surface area contributed by atoms with Gasteiger partial charge in [0.1, 0.15) is 0 Å². The Kier molecular flexibility index (Phi) is 3.71. The normalized spacial score (nSPS) is 16.2. The van der Waals surface area contributed by atoms with E-state index in [2.05, 4.69) is 10.5 Å². The standard InChI is InChI=1S/C13H16N2O3S/c1-9(14-15-13(16)11-3-4-11)10-5-7-12(8-6-10)19(2,17)18/h5-8,11H,3-4H2,1-2H3,(H,15,16)/b14-9-. The van der Waals surface area contributed by atoms with Crippen LogP contribution >= 0.6 is 0 Å². The van der Waals surface area contributed by atoms with E-state index >= 15 is 0 Å². The second-order valence-electron chi connectivity index (χ2n) is 4.74. The average molecular weight is 280 g/mol. The highest BCUT2D eigenvalue weighted by atomic mass is 32.2. The molecular weight excluding hydrogens is 264 g/mol. The summed E-state index contributed by atoms with van der Waals surface area (Å²) in [5.74, 6) is 0.0660. The van der Waals surface area contributed by atoms with E-state index in [4.69, 9.17) is 0 Å². The average Bonchev–Trinajstić information content (AvgIpc) is 3.19. The summed E-state index contributed by atoms with van der Waals surface area (Å²) in [7, 11) is -3.18. The molecule has 19 heavy (non-hydrogen) atoms. The summed E-state index contributed by atoms with van der Waals surface area (Å²) in [6, 6.07) is 6.43. The highest BCUT2D eigenvalue weighted by molar-refractivity contribution is 7.90. The molecule has 2 rings (SSSR count). The van der Waals surface area contributed by atoms with E-state index in [-0.39, 0.29) is 16.7 Å². The monoisotopic (exact) mass is 280 g/mol. The first-order chi connectivity index (χ1) is 8.88. The van der Waals surface area contributed by atoms with Gasteiger partial charge < -0.3 is 0 Å². The molecule has 0 aromatic heterocycles. The minimum absolute atomic E-state index is 0.0490. The van der Waals surface area contributed by atoms with Crippen molar-refractivity contribution in [1.29, 1.82) is 0 Å². The van der Waals surface area contributed by atoms with Crippen molar-refractivity contribution >= 4 is 21.5 Å². The van der Waals surface area contributed by atoms with Crippen LogP contribution in [0.5, 0.6) is 0 Å². The molecule has 0 radical (unpaired) electrons. The van der Waals surface area contributed by atoms with Gasteiger partial charge in [-0.25, -0.2) is 13.8 Å². The van der Waals surface area contributed by atoms with Crippen molar-refractivity contribution in [2.75, 3.05) is 6.26 Å². The SMILES string of the molecule is C/C(=N/NC(=O)C1CC1)c1ccc(S(C)(=O)=O)cc1. The number of carbonyl (C=O) groups is 1. The van der Waals surface area contributed by atoms with Crippen molar-refractivity contribution in [1.82, 2.24) is 5.43 Å². The first-order valence-electron chi connectivity index (χ1n) is 6.02. The first kappa shape index (κ1) is 13.7. The van der Waals surface area contributed by atoms with Crippen molar-refractivity contribution in [3.05, 3.63) is 29.8 Å². The van der Waals surface area contributed by atoms with Crippen LogP contribution in [-0.4, -0.2) is 26.3 Å². The van der Waals surface area contributed by atoms with E-state index in [1.807, 2.05) is 0 Å². The summed E-state index contributed by atoms with van der Waals surface area (Å²) in [6.07, 6.45) is 3.03. The molecule has 5 nitrogen and oxygen atoms in total. The third-order valence-corrected chi connectivity index (χ3v) is 4.11. The van der Waals surface area contributed by atoms with Gasteiger partial charge in [-0.2, -0.15) is 5.10 Å². The van der Waals surface area contributed by atoms with E-state index in [1.165, 1.54) is 18.4 Å². The number of nitrogens with zero attached hydrogens (tertiary/aromatic N) is 1. The van der Waals surface area contributed by atoms with Gasteiger partial charge in [0.15, 0.2) is 9.84 Å². The molecular formula is C13H16N2O3S. The van der Waals surface area contributed by atoms with Gasteiger partial charge in [0.2, 0.25) is 5.91 Å². The lowest BCUT2D eigenvalue weighted by Gasteiger charge is -2.03. The second-order valence-corrected chi connectivity index (χ2v) is 6.76. The fourth-order valence-electron chi connectivity index (χ4n) is 1.58. The highest BCUT2D eigenvalue weighted by Crippen LogP contribution is 2.28. The number of hydrogen-bond acceptors (Lipinski definition) is 4. The zero-order valence-corrected chi connectivity index (χ0v) is 11.7. The molecule has 0 atom stereocenters. The van der Waals surface area contributed by atoms with Crippen molar-refractivity contribution in [2.45, 2.75) is 24.7 Å². The van der Waals surface area contributed by atoms with Crippen LogP contribution in [0.4, 0.5) is 0 Å². The molecule has 0 aliphatic heterocycles. The minimum Gasteiger partial charge on any atom is -0.273 e. The summed E-state index contributed by atoms with van der Waals surface area (Å²) in [4.78, 5) is 11.7. The predicted octanol–water partition coefficient (Wildman–Crippen LogP) is 1.34. The molecule has 1 N–H and O–H groups in total. The lowest BCUT2D eigenvalue weighted by molar-refractivity contribution is -0.122. The van der Waals surface area contributed by atoms with Crippen LogP contribution in [-0.2, 0) is 14.6 Å². The van der Waals surface area contributed by atoms with Gasteiger partial charge in [-0.3, -0.25) is 4.79 Å². The van der Waals surface area contributed by atoms with Crippen LogP contribution in [0.3, 0.4) is 0 Å². The Bertz CT molecular complexity index is 614. The second kappa shape index (κ2) is 5.13. The first-order valence-corrected chi connectivity index (χ1v) is 7.91. The van der Waals surface area contributed by atoms with Gasteiger partial charge in [0.25, 0.3) is 0 Å². The molecule has 102 valence electrons. The van der Waals surface area contributed by atoms with Crippen LogP contribution in [0.15, 0.2) is 34.3 Å². The van der Waals surface area contributed by atoms with Crippen LogP contribution in [0, 0.1) is 5.92 Å². The lowest BCUT2D eigenvalue weighted by atomic mass is 10.1. The minimum atomic E-state index is -3.18. The Morgan fingerprint density at radius 1 is 1.26 bits per heavy atom. The largest absolute Gasteiger partial charge is 0.273 e. The molecule has 1 fully saturated rings. The molecule has 1 aliphatic rings. The van der Waals surface area contributed by atoms with E-state index in [9.17, 15) is 13.2 Å². The maximum atomic E-state index is 11.4. The van der Waals surface area contributed by atoms with Crippen molar-refractivity contribution in [3.8, 4) is 0 Å². The topological polar surface area (TPSA) is 75.6 Å². The number of amides is 1.